The molecule has 4 heteroatoms. The van der Waals surface area contributed by atoms with Gasteiger partial charge in [0.25, 0.3) is 0 Å². The highest BCUT2D eigenvalue weighted by Gasteiger charge is 2.00. The van der Waals surface area contributed by atoms with Gasteiger partial charge in [0.1, 0.15) is 6.61 Å². The maximum Gasteiger partial charge on any atom is 0.319 e. The highest BCUT2D eigenvalue weighted by atomic mass is 16.2. The van der Waals surface area contributed by atoms with E-state index in [0.29, 0.717) is 6.54 Å². The van der Waals surface area contributed by atoms with Crippen LogP contribution in [-0.2, 0) is 5.11 Å². The third-order valence-electron chi connectivity index (χ3n) is 2.37. The van der Waals surface area contributed by atoms with Gasteiger partial charge in [-0.1, -0.05) is 37.6 Å². The Morgan fingerprint density at radius 2 is 2.22 bits per heavy atom. The number of carbonyl (C=O) groups excluding carboxylic acids is 1. The summed E-state index contributed by atoms with van der Waals surface area (Å²) in [5.74, 6) is 0. The molecule has 0 aromatic heterocycles. The Bertz CT molecular complexity index is 403. The van der Waals surface area contributed by atoms with Crippen LogP contribution in [0.15, 0.2) is 30.3 Å². The van der Waals surface area contributed by atoms with Gasteiger partial charge in [-0.2, -0.15) is 0 Å². The smallest absolute Gasteiger partial charge is 0.319 e. The van der Waals surface area contributed by atoms with Crippen LogP contribution in [0.3, 0.4) is 0 Å². The Morgan fingerprint density at radius 1 is 1.39 bits per heavy atom. The fourth-order valence-electron chi connectivity index (χ4n) is 1.46. The van der Waals surface area contributed by atoms with Crippen LogP contribution in [0.2, 0.25) is 0 Å². The summed E-state index contributed by atoms with van der Waals surface area (Å²) in [5, 5.41) is 15.9. The summed E-state index contributed by atoms with van der Waals surface area (Å²) in [4.78, 5) is 11.5. The fourth-order valence-corrected chi connectivity index (χ4v) is 1.46. The van der Waals surface area contributed by atoms with Crippen molar-refractivity contribution < 1.29 is 9.90 Å². The van der Waals surface area contributed by atoms with Crippen molar-refractivity contribution in [1.82, 2.24) is 5.32 Å². The van der Waals surface area contributed by atoms with E-state index in [1.807, 2.05) is 24.3 Å². The zero-order chi connectivity index (χ0) is 13.2. The van der Waals surface area contributed by atoms with E-state index >= 15 is 0 Å². The first-order valence-electron chi connectivity index (χ1n) is 6.16. The van der Waals surface area contributed by atoms with Crippen molar-refractivity contribution in [2.75, 3.05) is 18.5 Å². The van der Waals surface area contributed by atoms with Crippen LogP contribution in [0, 0.1) is 0 Å². The molecule has 0 saturated heterocycles. The number of nitrogens with one attached hydrogen (secondary N) is 2. The molecule has 18 heavy (non-hydrogen) atoms. The van der Waals surface area contributed by atoms with Crippen molar-refractivity contribution in [3.8, 4) is 0 Å². The van der Waals surface area contributed by atoms with Crippen LogP contribution in [0.1, 0.15) is 25.3 Å². The minimum absolute atomic E-state index is 0.201. The van der Waals surface area contributed by atoms with Gasteiger partial charge in [-0.3, -0.25) is 0 Å². The van der Waals surface area contributed by atoms with Gasteiger partial charge in [0.2, 0.25) is 0 Å². The van der Waals surface area contributed by atoms with Crippen molar-refractivity contribution in [1.29, 1.82) is 0 Å². The quantitative estimate of drug-likeness (QED) is 0.746. The molecular weight excluding hydrogens is 228 g/mol. The molecule has 1 radical (unpaired) electrons. The van der Waals surface area contributed by atoms with Crippen molar-refractivity contribution in [3.05, 3.63) is 35.9 Å². The lowest BCUT2D eigenvalue weighted by atomic mass is 10.2. The molecule has 0 bridgehead atoms. The molecule has 0 atom stereocenters. The van der Waals surface area contributed by atoms with Crippen molar-refractivity contribution in [3.63, 3.8) is 0 Å². The highest BCUT2D eigenvalue weighted by molar-refractivity contribution is 5.89. The lowest BCUT2D eigenvalue weighted by Crippen LogP contribution is -2.29. The predicted octanol–water partition coefficient (Wildman–Crippen LogP) is 3.05. The Hall–Kier alpha value is -1.81. The molecule has 0 aliphatic carbocycles. The molecule has 2 N–H and O–H groups in total. The Kier molecular flexibility index (Phi) is 6.58. The molecule has 0 aliphatic rings. The average Bonchev–Trinajstić information content (AvgIpc) is 2.37. The number of rotatable bonds is 6. The Labute approximate surface area is 108 Å². The summed E-state index contributed by atoms with van der Waals surface area (Å²) in [5.41, 5.74) is 1.62. The van der Waals surface area contributed by atoms with Crippen molar-refractivity contribution >= 4 is 17.8 Å². The van der Waals surface area contributed by atoms with Crippen molar-refractivity contribution in [2.24, 2.45) is 0 Å². The van der Waals surface area contributed by atoms with Gasteiger partial charge in [0.05, 0.1) is 0 Å². The summed E-state index contributed by atoms with van der Waals surface area (Å²) in [6, 6.07) is 7.16. The molecule has 4 nitrogen and oxygen atoms in total. The van der Waals surface area contributed by atoms with E-state index in [2.05, 4.69) is 17.6 Å². The van der Waals surface area contributed by atoms with Crippen LogP contribution < -0.4 is 10.6 Å². The average molecular weight is 247 g/mol. The molecule has 1 rings (SSSR count). The maximum atomic E-state index is 11.5. The van der Waals surface area contributed by atoms with E-state index in [1.54, 1.807) is 12.2 Å². The third kappa shape index (κ3) is 5.50. The van der Waals surface area contributed by atoms with Gasteiger partial charge in [0.15, 0.2) is 0 Å². The Balaban J connectivity index is 2.51. The first kappa shape index (κ1) is 14.3. The summed E-state index contributed by atoms with van der Waals surface area (Å²) in [6.07, 6.45) is 5.31. The zero-order valence-electron chi connectivity index (χ0n) is 10.6. The van der Waals surface area contributed by atoms with Gasteiger partial charge in [-0.15, -0.1) is 0 Å². The number of amides is 2. The van der Waals surface area contributed by atoms with Crippen LogP contribution in [-0.4, -0.2) is 19.2 Å². The van der Waals surface area contributed by atoms with E-state index in [-0.39, 0.29) is 12.6 Å². The minimum atomic E-state index is -0.241. The largest absolute Gasteiger partial charge is 0.338 e. The number of unbranched alkanes of at least 4 members (excludes halogenated alkanes) is 1. The number of urea groups is 1. The molecule has 0 saturated carbocycles. The van der Waals surface area contributed by atoms with E-state index in [4.69, 9.17) is 0 Å². The van der Waals surface area contributed by atoms with Gasteiger partial charge in [-0.25, -0.2) is 9.90 Å². The summed E-state index contributed by atoms with van der Waals surface area (Å²) in [6.45, 7) is 2.51. The fraction of sp³-hybridized carbons (Fsp3) is 0.357. The topological polar surface area (TPSA) is 61.0 Å². The molecule has 0 aliphatic heterocycles. The first-order chi connectivity index (χ1) is 8.76. The lowest BCUT2D eigenvalue weighted by molar-refractivity contribution is 0.233. The van der Waals surface area contributed by atoms with Crippen LogP contribution >= 0.6 is 0 Å². The number of anilines is 1. The number of hydrogen-bond acceptors (Lipinski definition) is 1. The first-order valence-corrected chi connectivity index (χ1v) is 6.16. The molecule has 1 aromatic carbocycles. The van der Waals surface area contributed by atoms with E-state index in [9.17, 15) is 9.90 Å². The summed E-state index contributed by atoms with van der Waals surface area (Å²) < 4.78 is 0. The van der Waals surface area contributed by atoms with Gasteiger partial charge >= 0.3 is 6.03 Å². The molecule has 0 fully saturated rings. The second-order valence-corrected chi connectivity index (χ2v) is 3.93. The Morgan fingerprint density at radius 3 is 2.94 bits per heavy atom. The van der Waals surface area contributed by atoms with E-state index < -0.39 is 0 Å². The molecule has 0 unspecified atom stereocenters. The minimum Gasteiger partial charge on any atom is -0.338 e. The normalized spacial score (nSPS) is 10.6. The van der Waals surface area contributed by atoms with Gasteiger partial charge in [0, 0.05) is 12.2 Å². The van der Waals surface area contributed by atoms with Crippen LogP contribution in [0.4, 0.5) is 10.5 Å². The number of carbonyl (C=O) groups is 1. The lowest BCUT2D eigenvalue weighted by Gasteiger charge is -2.07. The third-order valence-corrected chi connectivity index (χ3v) is 2.37. The maximum absolute atomic E-state index is 11.5. The zero-order valence-corrected chi connectivity index (χ0v) is 10.6. The van der Waals surface area contributed by atoms with Crippen molar-refractivity contribution in [2.45, 2.75) is 19.8 Å². The summed E-state index contributed by atoms with van der Waals surface area (Å²) >= 11 is 0. The number of hydrogen-bond donors (Lipinski definition) is 2. The molecule has 2 amide bonds. The highest BCUT2D eigenvalue weighted by Crippen LogP contribution is 2.11. The summed E-state index contributed by atoms with van der Waals surface area (Å²) in [7, 11) is 0. The molecule has 0 heterocycles. The standard InChI is InChI=1S/C14H19N2O2/c1-2-3-9-15-14(18)16-13-8-4-6-12(11-13)7-5-10-17/h4-8,11H,2-3,9-10H2,1H3,(H2,15,16,18)/b7-5+. The predicted molar refractivity (Wildman–Crippen MR) is 73.0 cm³/mol. The van der Waals surface area contributed by atoms with Gasteiger partial charge < -0.3 is 10.6 Å². The second kappa shape index (κ2) is 8.31. The van der Waals surface area contributed by atoms with E-state index in [1.165, 1.54) is 0 Å². The van der Waals surface area contributed by atoms with Crippen LogP contribution in [0.25, 0.3) is 6.08 Å². The SMILES string of the molecule is CCCCNC(=O)Nc1cccc(/C=C/C[O])c1. The molecule has 97 valence electrons. The molecular formula is C14H19N2O2. The van der Waals surface area contributed by atoms with E-state index in [0.717, 1.165) is 24.1 Å². The monoisotopic (exact) mass is 247 g/mol. The molecule has 1 aromatic rings. The molecule has 0 spiro atoms. The van der Waals surface area contributed by atoms with Gasteiger partial charge in [-0.05, 0) is 24.1 Å². The number of benzene rings is 1. The van der Waals surface area contributed by atoms with Crippen LogP contribution in [0.5, 0.6) is 0 Å². The second-order valence-electron chi connectivity index (χ2n) is 3.93.